The third-order valence-electron chi connectivity index (χ3n) is 13.4. The molecule has 2 N–H and O–H groups in total. The number of H-pyrrole nitrogens is 1. The Morgan fingerprint density at radius 2 is 1.05 bits per heavy atom. The van der Waals surface area contributed by atoms with Crippen molar-refractivity contribution < 1.29 is 43.2 Å². The first kappa shape index (κ1) is 46.5. The maximum absolute atomic E-state index is 12.6. The molecule has 8 heterocycles. The molecule has 4 aliphatic rings. The molecule has 0 aliphatic carbocycles. The van der Waals surface area contributed by atoms with Crippen LogP contribution in [-0.2, 0) is 22.7 Å². The van der Waals surface area contributed by atoms with Gasteiger partial charge in [0, 0.05) is 61.5 Å². The van der Waals surface area contributed by atoms with E-state index in [2.05, 4.69) is 15.0 Å². The van der Waals surface area contributed by atoms with E-state index in [-0.39, 0.29) is 50.8 Å². The largest absolute Gasteiger partial charge is 0.454 e. The van der Waals surface area contributed by atoms with Crippen molar-refractivity contribution in [1.29, 1.82) is 0 Å². The number of pyridine rings is 2. The first-order valence-electron chi connectivity index (χ1n) is 24.4. The number of rotatable bonds is 10. The minimum Gasteiger partial charge on any atom is -0.454 e. The molecule has 17 nitrogen and oxygen atoms in total. The van der Waals surface area contributed by atoms with E-state index in [1.165, 1.54) is 0 Å². The van der Waals surface area contributed by atoms with Crippen LogP contribution in [0.2, 0.25) is 0 Å². The van der Waals surface area contributed by atoms with Crippen LogP contribution in [0.3, 0.4) is 0 Å². The SMILES string of the molecule is O=C(OCc1ccccc1)N1CCC(c2nc(-c3ccc4c(c3)OCO4)c(-c3ccccn3)[nH]2)CC1.O=C(OCc1ccccc1)N1CCC(c2nc(-c3ccc4c(c3)OCO4)c(-c3ccccn3)n2O)CC1. The molecule has 17 heteroatoms. The molecule has 0 unspecified atom stereocenters. The monoisotopic (exact) mass is 980 g/mol. The smallest absolute Gasteiger partial charge is 0.410 e. The third-order valence-corrected chi connectivity index (χ3v) is 13.4. The predicted octanol–water partition coefficient (Wildman–Crippen LogP) is 10.5. The van der Waals surface area contributed by atoms with Gasteiger partial charge < -0.3 is 48.4 Å². The van der Waals surface area contributed by atoms with Crippen molar-refractivity contribution in [3.05, 3.63) is 169 Å². The lowest BCUT2D eigenvalue weighted by Gasteiger charge is -2.30. The lowest BCUT2D eigenvalue weighted by molar-refractivity contribution is 0.0844. The van der Waals surface area contributed by atoms with E-state index in [4.69, 9.17) is 38.4 Å². The summed E-state index contributed by atoms with van der Waals surface area (Å²) in [6.45, 7) is 3.21. The summed E-state index contributed by atoms with van der Waals surface area (Å²) >= 11 is 0. The summed E-state index contributed by atoms with van der Waals surface area (Å²) in [7, 11) is 0. The highest BCUT2D eigenvalue weighted by molar-refractivity contribution is 5.80. The van der Waals surface area contributed by atoms with E-state index in [1.807, 2.05) is 133 Å². The van der Waals surface area contributed by atoms with Crippen LogP contribution in [-0.4, -0.2) is 96.6 Å². The van der Waals surface area contributed by atoms with E-state index in [9.17, 15) is 14.8 Å². The Bertz CT molecular complexity index is 3180. The van der Waals surface area contributed by atoms with Crippen LogP contribution in [0, 0.1) is 0 Å². The van der Waals surface area contributed by atoms with E-state index in [1.54, 1.807) is 22.2 Å². The average Bonchev–Trinajstić information content (AvgIpc) is 4.29. The first-order chi connectivity index (χ1) is 35.9. The fraction of sp³-hybridized carbons (Fsp3) is 0.250. The fourth-order valence-electron chi connectivity index (χ4n) is 9.48. The lowest BCUT2D eigenvalue weighted by atomic mass is 9.96. The predicted molar refractivity (Wildman–Crippen MR) is 268 cm³/mol. The number of likely N-dealkylation sites (tertiary alicyclic amines) is 2. The maximum atomic E-state index is 12.6. The van der Waals surface area contributed by atoms with Gasteiger partial charge in [-0.05, 0) is 97.5 Å². The molecule has 0 radical (unpaired) electrons. The van der Waals surface area contributed by atoms with E-state index >= 15 is 0 Å². The second-order valence-corrected chi connectivity index (χ2v) is 18.0. The summed E-state index contributed by atoms with van der Waals surface area (Å²) in [5.74, 6) is 4.39. The van der Waals surface area contributed by atoms with E-state index in [0.29, 0.717) is 79.2 Å². The zero-order valence-corrected chi connectivity index (χ0v) is 39.8. The first-order valence-corrected chi connectivity index (χ1v) is 24.4. The number of ether oxygens (including phenoxy) is 6. The summed E-state index contributed by atoms with van der Waals surface area (Å²) in [6, 6.07) is 42.2. The van der Waals surface area contributed by atoms with Crippen LogP contribution in [0.1, 0.15) is 60.3 Å². The Balaban J connectivity index is 0.000000157. The molecule has 2 fully saturated rings. The Kier molecular flexibility index (Phi) is 13.5. The Labute approximate surface area is 420 Å². The van der Waals surface area contributed by atoms with Crippen molar-refractivity contribution in [3.63, 3.8) is 0 Å². The van der Waals surface area contributed by atoms with Gasteiger partial charge in [-0.15, -0.1) is 0 Å². The highest BCUT2D eigenvalue weighted by atomic mass is 16.7. The summed E-state index contributed by atoms with van der Waals surface area (Å²) in [5.41, 5.74) is 7.91. The molecule has 4 aromatic carbocycles. The van der Waals surface area contributed by atoms with Crippen LogP contribution in [0.4, 0.5) is 9.59 Å². The average molecular weight is 981 g/mol. The zero-order chi connectivity index (χ0) is 49.5. The van der Waals surface area contributed by atoms with Crippen LogP contribution in [0.25, 0.3) is 45.3 Å². The van der Waals surface area contributed by atoms with Gasteiger partial charge in [0.25, 0.3) is 0 Å². The van der Waals surface area contributed by atoms with Gasteiger partial charge >= 0.3 is 12.2 Å². The van der Waals surface area contributed by atoms with Crippen molar-refractivity contribution in [2.75, 3.05) is 39.8 Å². The van der Waals surface area contributed by atoms with Crippen LogP contribution in [0.15, 0.2) is 146 Å². The maximum Gasteiger partial charge on any atom is 0.410 e. The van der Waals surface area contributed by atoms with E-state index < -0.39 is 0 Å². The van der Waals surface area contributed by atoms with Gasteiger partial charge in [0.15, 0.2) is 23.0 Å². The van der Waals surface area contributed by atoms with Gasteiger partial charge in [-0.2, -0.15) is 4.73 Å². The molecule has 0 spiro atoms. The number of aromatic nitrogens is 6. The van der Waals surface area contributed by atoms with Gasteiger partial charge in [0.1, 0.15) is 36.3 Å². The van der Waals surface area contributed by atoms with Gasteiger partial charge in [-0.25, -0.2) is 19.6 Å². The van der Waals surface area contributed by atoms with Crippen molar-refractivity contribution in [2.24, 2.45) is 0 Å². The number of carbonyl (C=O) groups excluding carboxylic acids is 2. The molecule has 0 atom stereocenters. The normalized spacial score (nSPS) is 15.1. The molecular weight excluding hydrogens is 929 g/mol. The van der Waals surface area contributed by atoms with Crippen LogP contribution < -0.4 is 18.9 Å². The quantitative estimate of drug-likeness (QED) is 0.123. The number of nitrogens with zero attached hydrogens (tertiary/aromatic N) is 7. The fourth-order valence-corrected chi connectivity index (χ4v) is 9.48. The number of benzene rings is 4. The molecule has 4 aliphatic heterocycles. The molecule has 8 aromatic rings. The van der Waals surface area contributed by atoms with Gasteiger partial charge in [0.05, 0.1) is 22.8 Å². The van der Waals surface area contributed by atoms with Gasteiger partial charge in [-0.1, -0.05) is 72.8 Å². The minimum atomic E-state index is -0.329. The molecule has 4 aromatic heterocycles. The number of nitrogens with one attached hydrogen (secondary N) is 1. The highest BCUT2D eigenvalue weighted by Crippen LogP contribution is 2.42. The summed E-state index contributed by atoms with van der Waals surface area (Å²) in [6.07, 6.45) is 5.77. The summed E-state index contributed by atoms with van der Waals surface area (Å²) in [5, 5.41) is 11.3. The standard InChI is InChI=1S/C28H26N4O5.C28H26N4O4/c33-28(35-17-19-6-2-1-3-7-19)31-14-11-20(12-15-31)27-30-25(21-9-10-23-24(16-21)37-18-36-23)26(32(27)34)22-8-4-5-13-29-22;33-28(34-17-19-6-2-1-3-7-19)32-14-11-20(12-15-32)27-30-25(26(31-27)22-8-4-5-13-29-22)21-9-10-23-24(16-21)36-18-35-23/h1-10,13,16,20,34H,11-12,14-15,17-18H2;1-10,13,16,20H,11-12,14-15,17-18H2,(H,30,31). The second-order valence-electron chi connectivity index (χ2n) is 18.0. The third kappa shape index (κ3) is 10.3. The minimum absolute atomic E-state index is 0.0339. The Morgan fingerprint density at radius 1 is 0.562 bits per heavy atom. The molecule has 370 valence electrons. The number of hydrogen-bond donors (Lipinski definition) is 2. The molecule has 12 rings (SSSR count). The molecule has 0 saturated carbocycles. The van der Waals surface area contributed by atoms with Crippen molar-refractivity contribution in [2.45, 2.75) is 50.7 Å². The highest BCUT2D eigenvalue weighted by Gasteiger charge is 2.32. The number of amides is 2. The number of piperidine rings is 2. The number of hydrogen-bond acceptors (Lipinski definition) is 13. The summed E-state index contributed by atoms with van der Waals surface area (Å²) < 4.78 is 34.2. The number of aromatic amines is 1. The molecule has 2 amide bonds. The Morgan fingerprint density at radius 3 is 1.59 bits per heavy atom. The van der Waals surface area contributed by atoms with Gasteiger partial charge in [-0.3, -0.25) is 9.97 Å². The van der Waals surface area contributed by atoms with Crippen molar-refractivity contribution in [1.82, 2.24) is 39.5 Å². The van der Waals surface area contributed by atoms with E-state index in [0.717, 1.165) is 68.5 Å². The van der Waals surface area contributed by atoms with Crippen LogP contribution in [0.5, 0.6) is 23.0 Å². The van der Waals surface area contributed by atoms with Gasteiger partial charge in [0.2, 0.25) is 13.6 Å². The van der Waals surface area contributed by atoms with Crippen molar-refractivity contribution in [3.8, 4) is 68.3 Å². The number of carbonyl (C=O) groups is 2. The zero-order valence-electron chi connectivity index (χ0n) is 39.8. The Hall–Kier alpha value is -8.86. The van der Waals surface area contributed by atoms with Crippen LogP contribution >= 0.6 is 0 Å². The molecule has 2 saturated heterocycles. The second kappa shape index (κ2) is 21.2. The molecule has 73 heavy (non-hydrogen) atoms. The number of fused-ring (bicyclic) bond motifs is 2. The molecule has 0 bridgehead atoms. The lowest BCUT2D eigenvalue weighted by Crippen LogP contribution is -2.38. The topological polar surface area (TPSA) is 189 Å². The molecular formula is C56H52N8O9. The number of imidazole rings is 2. The summed E-state index contributed by atoms with van der Waals surface area (Å²) in [4.78, 5) is 51.2. The van der Waals surface area contributed by atoms with Crippen molar-refractivity contribution >= 4 is 12.2 Å².